The molecular weight excluding hydrogens is 574 g/mol. The largest absolute Gasteiger partial charge is 0.496 e. The predicted molar refractivity (Wildman–Crippen MR) is 160 cm³/mol. The van der Waals surface area contributed by atoms with Gasteiger partial charge in [-0.25, -0.2) is 4.79 Å². The van der Waals surface area contributed by atoms with Crippen LogP contribution >= 0.6 is 15.9 Å². The van der Waals surface area contributed by atoms with Gasteiger partial charge in [-0.1, -0.05) is 53.2 Å². The fourth-order valence-corrected chi connectivity index (χ4v) is 5.32. The zero-order valence-electron chi connectivity index (χ0n) is 23.5. The van der Waals surface area contributed by atoms with Gasteiger partial charge in [0.1, 0.15) is 23.4 Å². The topological polar surface area (TPSA) is 97.0 Å². The van der Waals surface area contributed by atoms with Crippen LogP contribution < -0.4 is 20.3 Å². The molecule has 2 atom stereocenters. The van der Waals surface area contributed by atoms with E-state index in [-0.39, 0.29) is 12.5 Å². The summed E-state index contributed by atoms with van der Waals surface area (Å²) in [5, 5.41) is 7.54. The van der Waals surface area contributed by atoms with Gasteiger partial charge in [-0.2, -0.15) is 0 Å². The second kappa shape index (κ2) is 12.3. The van der Waals surface area contributed by atoms with Crippen LogP contribution in [0.4, 0.5) is 10.5 Å². The molecule has 0 saturated carbocycles. The number of anilines is 1. The Morgan fingerprint density at radius 3 is 2.58 bits per heavy atom. The number of nitrogens with zero attached hydrogens (tertiary/aromatic N) is 1. The van der Waals surface area contributed by atoms with Gasteiger partial charge in [0.15, 0.2) is 0 Å². The van der Waals surface area contributed by atoms with Crippen molar-refractivity contribution in [2.24, 2.45) is 0 Å². The third kappa shape index (κ3) is 6.75. The minimum atomic E-state index is -0.835. The second-order valence-corrected chi connectivity index (χ2v) is 11.8. The SMILES string of the molecule is CC[C@H](NC(=O)OC(C)(C)C)C(=O)NC1CCc2ccccc2N(Cc2c(OC)ccc3cc(Br)ccc23)C1=O. The number of para-hydroxylation sites is 1. The summed E-state index contributed by atoms with van der Waals surface area (Å²) in [4.78, 5) is 41.4. The zero-order chi connectivity index (χ0) is 29.0. The van der Waals surface area contributed by atoms with Crippen LogP contribution in [0.5, 0.6) is 5.75 Å². The van der Waals surface area contributed by atoms with Gasteiger partial charge in [-0.05, 0) is 80.6 Å². The van der Waals surface area contributed by atoms with Crippen molar-refractivity contribution in [3.05, 3.63) is 70.2 Å². The van der Waals surface area contributed by atoms with Gasteiger partial charge in [0.25, 0.3) is 0 Å². The van der Waals surface area contributed by atoms with Crippen molar-refractivity contribution in [1.82, 2.24) is 10.6 Å². The average Bonchev–Trinajstić information content (AvgIpc) is 3.03. The summed E-state index contributed by atoms with van der Waals surface area (Å²) in [6, 6.07) is 16.1. The Morgan fingerprint density at radius 2 is 1.88 bits per heavy atom. The molecular formula is C31H36BrN3O5. The number of alkyl carbamates (subject to hydrolysis) is 1. The summed E-state index contributed by atoms with van der Waals surface area (Å²) >= 11 is 3.54. The molecule has 9 heteroatoms. The van der Waals surface area contributed by atoms with Crippen molar-refractivity contribution in [3.63, 3.8) is 0 Å². The van der Waals surface area contributed by atoms with Crippen molar-refractivity contribution in [1.29, 1.82) is 0 Å². The first-order chi connectivity index (χ1) is 19.0. The molecule has 0 aromatic heterocycles. The van der Waals surface area contributed by atoms with Crippen molar-refractivity contribution >= 4 is 50.3 Å². The Labute approximate surface area is 243 Å². The number of nitrogens with one attached hydrogen (secondary N) is 2. The first-order valence-electron chi connectivity index (χ1n) is 13.4. The van der Waals surface area contributed by atoms with E-state index >= 15 is 0 Å². The number of amides is 3. The number of ether oxygens (including phenoxy) is 2. The van der Waals surface area contributed by atoms with Gasteiger partial charge in [0.2, 0.25) is 11.8 Å². The Hall–Kier alpha value is -3.59. The smallest absolute Gasteiger partial charge is 0.408 e. The molecule has 212 valence electrons. The van der Waals surface area contributed by atoms with E-state index in [0.29, 0.717) is 25.0 Å². The second-order valence-electron chi connectivity index (χ2n) is 10.9. The standard InChI is InChI=1S/C31H36BrN3O5/c1-6-24(34-30(38)40-31(2,3)4)28(36)33-25-15-11-19-9-7-8-10-26(19)35(29(25)37)18-23-22-14-13-21(32)17-20(22)12-16-27(23)39-5/h7-10,12-14,16-17,24-25H,6,11,15,18H2,1-5H3,(H,33,36)(H,34,38)/t24-,25?/m0/s1. The predicted octanol–water partition coefficient (Wildman–Crippen LogP) is 5.88. The Bertz CT molecular complexity index is 1420. The van der Waals surface area contributed by atoms with Gasteiger partial charge >= 0.3 is 6.09 Å². The maximum absolute atomic E-state index is 14.1. The van der Waals surface area contributed by atoms with Crippen molar-refractivity contribution in [2.75, 3.05) is 12.0 Å². The summed E-state index contributed by atoms with van der Waals surface area (Å²) in [5.41, 5.74) is 2.01. The lowest BCUT2D eigenvalue weighted by Gasteiger charge is -2.28. The van der Waals surface area contributed by atoms with E-state index < -0.39 is 29.7 Å². The molecule has 2 N–H and O–H groups in total. The van der Waals surface area contributed by atoms with Crippen LogP contribution in [0.1, 0.15) is 51.7 Å². The molecule has 3 aromatic carbocycles. The van der Waals surface area contributed by atoms with Crippen LogP contribution in [0.15, 0.2) is 59.1 Å². The van der Waals surface area contributed by atoms with Crippen LogP contribution in [-0.4, -0.2) is 42.7 Å². The average molecular weight is 611 g/mol. The van der Waals surface area contributed by atoms with E-state index in [4.69, 9.17) is 9.47 Å². The fourth-order valence-electron chi connectivity index (χ4n) is 4.95. The van der Waals surface area contributed by atoms with Gasteiger partial charge in [-0.3, -0.25) is 9.59 Å². The fraction of sp³-hybridized carbons (Fsp3) is 0.387. The van der Waals surface area contributed by atoms with Gasteiger partial charge in [0.05, 0.1) is 13.7 Å². The van der Waals surface area contributed by atoms with E-state index in [1.54, 1.807) is 39.7 Å². The summed E-state index contributed by atoms with van der Waals surface area (Å²) < 4.78 is 12.0. The first kappa shape index (κ1) is 29.4. The molecule has 3 aromatic rings. The van der Waals surface area contributed by atoms with Gasteiger partial charge < -0.3 is 25.0 Å². The van der Waals surface area contributed by atoms with Gasteiger partial charge in [-0.15, -0.1) is 0 Å². The van der Waals surface area contributed by atoms with Crippen LogP contribution in [-0.2, 0) is 27.3 Å². The molecule has 1 aliphatic heterocycles. The molecule has 0 aliphatic carbocycles. The van der Waals surface area contributed by atoms with Crippen LogP contribution in [0, 0.1) is 0 Å². The summed E-state index contributed by atoms with van der Waals surface area (Å²) in [5.74, 6) is 0.0318. The highest BCUT2D eigenvalue weighted by atomic mass is 79.9. The van der Waals surface area contributed by atoms with E-state index in [0.717, 1.165) is 32.1 Å². The molecule has 0 spiro atoms. The van der Waals surface area contributed by atoms with Crippen molar-refractivity contribution in [2.45, 2.75) is 71.2 Å². The van der Waals surface area contributed by atoms with E-state index in [9.17, 15) is 14.4 Å². The molecule has 8 nitrogen and oxygen atoms in total. The highest BCUT2D eigenvalue weighted by molar-refractivity contribution is 9.10. The monoisotopic (exact) mass is 609 g/mol. The quantitative estimate of drug-likeness (QED) is 0.349. The molecule has 0 radical (unpaired) electrons. The maximum Gasteiger partial charge on any atom is 0.408 e. The third-order valence-corrected chi connectivity index (χ3v) is 7.36. The Kier molecular flexibility index (Phi) is 9.03. The number of carbonyl (C=O) groups excluding carboxylic acids is 3. The molecule has 1 heterocycles. The number of carbonyl (C=O) groups is 3. The number of fused-ring (bicyclic) bond motifs is 2. The lowest BCUT2D eigenvalue weighted by Crippen LogP contribution is -2.54. The Morgan fingerprint density at radius 1 is 1.12 bits per heavy atom. The normalized spacial score (nSPS) is 16.1. The minimum Gasteiger partial charge on any atom is -0.496 e. The van der Waals surface area contributed by atoms with Crippen LogP contribution in [0.25, 0.3) is 10.8 Å². The molecule has 1 aliphatic rings. The van der Waals surface area contributed by atoms with E-state index in [2.05, 4.69) is 26.6 Å². The summed E-state index contributed by atoms with van der Waals surface area (Å²) in [6.45, 7) is 7.33. The van der Waals surface area contributed by atoms with E-state index in [1.165, 1.54) is 0 Å². The molecule has 0 bridgehead atoms. The van der Waals surface area contributed by atoms with Crippen molar-refractivity contribution in [3.8, 4) is 5.75 Å². The molecule has 3 amide bonds. The highest BCUT2D eigenvalue weighted by Gasteiger charge is 2.34. The first-order valence-corrected chi connectivity index (χ1v) is 14.2. The van der Waals surface area contributed by atoms with Crippen LogP contribution in [0.2, 0.25) is 0 Å². The Balaban J connectivity index is 1.64. The zero-order valence-corrected chi connectivity index (χ0v) is 25.1. The van der Waals surface area contributed by atoms with E-state index in [1.807, 2.05) is 54.6 Å². The number of hydrogen-bond donors (Lipinski definition) is 2. The number of aryl methyl sites for hydroxylation is 1. The minimum absolute atomic E-state index is 0.221. The number of methoxy groups -OCH3 is 1. The lowest BCUT2D eigenvalue weighted by molar-refractivity contribution is -0.129. The molecule has 1 unspecified atom stereocenters. The van der Waals surface area contributed by atoms with Crippen LogP contribution in [0.3, 0.4) is 0 Å². The summed E-state index contributed by atoms with van der Waals surface area (Å²) in [7, 11) is 1.62. The van der Waals surface area contributed by atoms with Crippen molar-refractivity contribution < 1.29 is 23.9 Å². The number of rotatable bonds is 7. The number of benzene rings is 3. The molecule has 0 saturated heterocycles. The third-order valence-electron chi connectivity index (χ3n) is 6.87. The molecule has 4 rings (SSSR count). The highest BCUT2D eigenvalue weighted by Crippen LogP contribution is 2.35. The number of halogens is 1. The summed E-state index contributed by atoms with van der Waals surface area (Å²) in [6.07, 6.45) is 0.712. The molecule has 40 heavy (non-hydrogen) atoms. The number of hydrogen-bond acceptors (Lipinski definition) is 5. The molecule has 0 fully saturated rings. The maximum atomic E-state index is 14.1. The lowest BCUT2D eigenvalue weighted by atomic mass is 10.0. The van der Waals surface area contributed by atoms with Gasteiger partial charge in [0, 0.05) is 15.7 Å².